The molecule has 158 valence electrons. The zero-order chi connectivity index (χ0) is 20.9. The minimum absolute atomic E-state index is 0.160. The van der Waals surface area contributed by atoms with Crippen LogP contribution in [-0.2, 0) is 18.5 Å². The summed E-state index contributed by atoms with van der Waals surface area (Å²) in [5.41, 5.74) is 0.984. The van der Waals surface area contributed by atoms with Gasteiger partial charge in [-0.15, -0.1) is 0 Å². The summed E-state index contributed by atoms with van der Waals surface area (Å²) in [7, 11) is 1.76. The first-order chi connectivity index (χ1) is 13.8. The van der Waals surface area contributed by atoms with Crippen LogP contribution in [0.15, 0.2) is 33.8 Å². The molecule has 0 bridgehead atoms. The molecule has 0 aliphatic carbocycles. The Balaban J connectivity index is 1.42. The van der Waals surface area contributed by atoms with Crippen LogP contribution in [0, 0.1) is 5.82 Å². The van der Waals surface area contributed by atoms with Gasteiger partial charge >= 0.3 is 0 Å². The second-order valence-electron chi connectivity index (χ2n) is 8.51. The van der Waals surface area contributed by atoms with E-state index in [1.807, 2.05) is 32.9 Å². The van der Waals surface area contributed by atoms with Gasteiger partial charge in [-0.2, -0.15) is 4.98 Å². The standard InChI is InChI=1S/C21H31FN6O/c1-21(2,3)19-26-18(27-29-19)13-24-20(23-4)25-17-9-11-28(12-10-17)14-15-5-7-16(22)8-6-15/h5-8,17H,9-14H2,1-4H3,(H2,23,24,25). The lowest BCUT2D eigenvalue weighted by Gasteiger charge is -2.33. The van der Waals surface area contributed by atoms with Crippen molar-refractivity contribution in [2.45, 2.75) is 58.2 Å². The van der Waals surface area contributed by atoms with Crippen molar-refractivity contribution in [1.29, 1.82) is 0 Å². The fourth-order valence-corrected chi connectivity index (χ4v) is 3.26. The molecular formula is C21H31FN6O. The molecule has 1 aromatic carbocycles. The molecule has 1 fully saturated rings. The van der Waals surface area contributed by atoms with Crippen LogP contribution >= 0.6 is 0 Å². The van der Waals surface area contributed by atoms with Gasteiger partial charge in [0.2, 0.25) is 5.89 Å². The van der Waals surface area contributed by atoms with Crippen LogP contribution < -0.4 is 10.6 Å². The van der Waals surface area contributed by atoms with E-state index < -0.39 is 0 Å². The summed E-state index contributed by atoms with van der Waals surface area (Å²) in [5, 5.41) is 10.8. The van der Waals surface area contributed by atoms with Crippen molar-refractivity contribution < 1.29 is 8.91 Å². The fourth-order valence-electron chi connectivity index (χ4n) is 3.26. The smallest absolute Gasteiger partial charge is 0.232 e. The Morgan fingerprint density at radius 3 is 2.52 bits per heavy atom. The molecule has 0 amide bonds. The van der Waals surface area contributed by atoms with Gasteiger partial charge in [-0.3, -0.25) is 9.89 Å². The van der Waals surface area contributed by atoms with Crippen LogP contribution in [0.3, 0.4) is 0 Å². The van der Waals surface area contributed by atoms with Crippen molar-refractivity contribution in [3.8, 4) is 0 Å². The molecule has 1 aromatic heterocycles. The van der Waals surface area contributed by atoms with E-state index in [1.165, 1.54) is 12.1 Å². The van der Waals surface area contributed by atoms with Gasteiger partial charge in [0.05, 0.1) is 6.54 Å². The van der Waals surface area contributed by atoms with Gasteiger partial charge in [-0.25, -0.2) is 4.39 Å². The number of aliphatic imine (C=N–C) groups is 1. The molecule has 1 aliphatic heterocycles. The highest BCUT2D eigenvalue weighted by Gasteiger charge is 2.22. The maximum Gasteiger partial charge on any atom is 0.232 e. The number of likely N-dealkylation sites (tertiary alicyclic amines) is 1. The Morgan fingerprint density at radius 2 is 1.93 bits per heavy atom. The molecule has 2 N–H and O–H groups in total. The summed E-state index contributed by atoms with van der Waals surface area (Å²) in [6.07, 6.45) is 2.05. The van der Waals surface area contributed by atoms with E-state index in [0.717, 1.165) is 44.0 Å². The first-order valence-electron chi connectivity index (χ1n) is 10.1. The Labute approximate surface area is 171 Å². The van der Waals surface area contributed by atoms with Gasteiger partial charge in [0.15, 0.2) is 11.8 Å². The number of benzene rings is 1. The van der Waals surface area contributed by atoms with E-state index in [-0.39, 0.29) is 11.2 Å². The van der Waals surface area contributed by atoms with E-state index in [2.05, 4.69) is 30.7 Å². The first kappa shape index (κ1) is 21.2. The molecule has 0 radical (unpaired) electrons. The highest BCUT2D eigenvalue weighted by molar-refractivity contribution is 5.79. The van der Waals surface area contributed by atoms with Crippen LogP contribution in [0.4, 0.5) is 4.39 Å². The number of hydrogen-bond acceptors (Lipinski definition) is 5. The lowest BCUT2D eigenvalue weighted by Crippen LogP contribution is -2.48. The minimum Gasteiger partial charge on any atom is -0.354 e. The Bertz CT molecular complexity index is 803. The Kier molecular flexibility index (Phi) is 6.84. The van der Waals surface area contributed by atoms with E-state index in [9.17, 15) is 4.39 Å². The number of halogens is 1. The summed E-state index contributed by atoms with van der Waals surface area (Å²) in [6, 6.07) is 7.12. The second-order valence-corrected chi connectivity index (χ2v) is 8.51. The Morgan fingerprint density at radius 1 is 1.24 bits per heavy atom. The van der Waals surface area contributed by atoms with Gasteiger partial charge < -0.3 is 15.2 Å². The number of hydrogen-bond donors (Lipinski definition) is 2. The molecule has 7 nitrogen and oxygen atoms in total. The quantitative estimate of drug-likeness (QED) is 0.592. The fraction of sp³-hybridized carbons (Fsp3) is 0.571. The zero-order valence-electron chi connectivity index (χ0n) is 17.7. The average Bonchev–Trinajstić information content (AvgIpc) is 3.18. The van der Waals surface area contributed by atoms with Gasteiger partial charge in [0.1, 0.15) is 5.82 Å². The molecule has 0 saturated carbocycles. The van der Waals surface area contributed by atoms with E-state index >= 15 is 0 Å². The number of nitrogens with one attached hydrogen (secondary N) is 2. The van der Waals surface area contributed by atoms with Gasteiger partial charge in [-0.05, 0) is 30.5 Å². The SMILES string of the molecule is CN=C(NCc1noc(C(C)(C)C)n1)NC1CCN(Cc2ccc(F)cc2)CC1. The molecule has 2 heterocycles. The van der Waals surface area contributed by atoms with Crippen LogP contribution in [0.2, 0.25) is 0 Å². The third kappa shape index (κ3) is 6.25. The van der Waals surface area contributed by atoms with E-state index in [1.54, 1.807) is 7.05 Å². The number of piperidine rings is 1. The van der Waals surface area contributed by atoms with Crippen molar-refractivity contribution >= 4 is 5.96 Å². The molecule has 0 atom stereocenters. The van der Waals surface area contributed by atoms with Crippen molar-refractivity contribution in [3.05, 3.63) is 47.4 Å². The van der Waals surface area contributed by atoms with Crippen molar-refractivity contribution in [2.75, 3.05) is 20.1 Å². The monoisotopic (exact) mass is 402 g/mol. The third-order valence-electron chi connectivity index (χ3n) is 5.00. The lowest BCUT2D eigenvalue weighted by atomic mass is 9.97. The molecule has 2 aromatic rings. The largest absolute Gasteiger partial charge is 0.354 e. The number of rotatable bonds is 5. The van der Waals surface area contributed by atoms with Gasteiger partial charge in [-0.1, -0.05) is 38.1 Å². The summed E-state index contributed by atoms with van der Waals surface area (Å²) in [5.74, 6) is 1.80. The maximum atomic E-state index is 13.0. The second kappa shape index (κ2) is 9.35. The number of nitrogens with zero attached hydrogens (tertiary/aromatic N) is 4. The minimum atomic E-state index is -0.189. The summed E-state index contributed by atoms with van der Waals surface area (Å²) in [6.45, 7) is 9.43. The number of aromatic nitrogens is 2. The van der Waals surface area contributed by atoms with Crippen molar-refractivity contribution in [3.63, 3.8) is 0 Å². The molecule has 0 spiro atoms. The maximum absolute atomic E-state index is 13.0. The van der Waals surface area contributed by atoms with E-state index in [0.29, 0.717) is 24.3 Å². The molecule has 29 heavy (non-hydrogen) atoms. The molecule has 1 saturated heterocycles. The van der Waals surface area contributed by atoms with E-state index in [4.69, 9.17) is 4.52 Å². The third-order valence-corrected chi connectivity index (χ3v) is 5.00. The topological polar surface area (TPSA) is 78.6 Å². The predicted molar refractivity (Wildman–Crippen MR) is 111 cm³/mol. The summed E-state index contributed by atoms with van der Waals surface area (Å²) >= 11 is 0. The first-order valence-corrected chi connectivity index (χ1v) is 10.1. The highest BCUT2D eigenvalue weighted by atomic mass is 19.1. The zero-order valence-corrected chi connectivity index (χ0v) is 17.7. The molecule has 8 heteroatoms. The average molecular weight is 403 g/mol. The van der Waals surface area contributed by atoms with Gasteiger partial charge in [0.25, 0.3) is 0 Å². The molecule has 3 rings (SSSR count). The summed E-state index contributed by atoms with van der Waals surface area (Å²) in [4.78, 5) is 11.1. The highest BCUT2D eigenvalue weighted by Crippen LogP contribution is 2.19. The predicted octanol–water partition coefficient (Wildman–Crippen LogP) is 2.84. The summed E-state index contributed by atoms with van der Waals surface area (Å²) < 4.78 is 18.4. The molecule has 0 unspecified atom stereocenters. The molecule has 1 aliphatic rings. The van der Waals surface area contributed by atoms with Crippen LogP contribution in [-0.4, -0.2) is 47.2 Å². The normalized spacial score (nSPS) is 16.8. The lowest BCUT2D eigenvalue weighted by molar-refractivity contribution is 0.198. The van der Waals surface area contributed by atoms with Crippen molar-refractivity contribution in [2.24, 2.45) is 4.99 Å². The van der Waals surface area contributed by atoms with Crippen LogP contribution in [0.5, 0.6) is 0 Å². The molecular weight excluding hydrogens is 371 g/mol. The number of guanidine groups is 1. The van der Waals surface area contributed by atoms with Crippen LogP contribution in [0.25, 0.3) is 0 Å². The Hall–Kier alpha value is -2.48. The van der Waals surface area contributed by atoms with Crippen molar-refractivity contribution in [1.82, 2.24) is 25.7 Å². The van der Waals surface area contributed by atoms with Gasteiger partial charge in [0, 0.05) is 38.1 Å². The van der Waals surface area contributed by atoms with Crippen LogP contribution in [0.1, 0.15) is 50.9 Å².